The second kappa shape index (κ2) is 3.57. The van der Waals surface area contributed by atoms with Crippen LogP contribution in [0.5, 0.6) is 0 Å². The van der Waals surface area contributed by atoms with Crippen molar-refractivity contribution in [2.75, 3.05) is 12.4 Å². The van der Waals surface area contributed by atoms with Gasteiger partial charge < -0.3 is 10.6 Å². The molecule has 0 spiro atoms. The number of rotatable bonds is 3. The lowest BCUT2D eigenvalue weighted by molar-refractivity contribution is 0.0966. The Labute approximate surface area is 86.7 Å². The first kappa shape index (κ1) is 9.45. The monoisotopic (exact) mass is 211 g/mol. The second-order valence-corrected chi connectivity index (χ2v) is 4.43. The van der Waals surface area contributed by atoms with Gasteiger partial charge in [-0.1, -0.05) is 11.3 Å². The average Bonchev–Trinajstić information content (AvgIpc) is 2.89. The molecule has 1 aromatic rings. The maximum Gasteiger partial charge on any atom is 0.263 e. The van der Waals surface area contributed by atoms with Gasteiger partial charge in [-0.3, -0.25) is 4.79 Å². The summed E-state index contributed by atoms with van der Waals surface area (Å²) in [5.74, 6) is -0.0520. The third-order valence-electron chi connectivity index (χ3n) is 2.13. The highest BCUT2D eigenvalue weighted by atomic mass is 32.1. The Balaban J connectivity index is 2.15. The van der Waals surface area contributed by atoms with Crippen LogP contribution in [0.1, 0.15) is 28.2 Å². The van der Waals surface area contributed by atoms with E-state index in [9.17, 15) is 4.79 Å². The number of nitrogens with zero attached hydrogens (tertiary/aromatic N) is 1. The minimum absolute atomic E-state index is 0.0520. The lowest BCUT2D eigenvalue weighted by atomic mass is 10.4. The number of carbonyl (C=O) groups excluding carboxylic acids is 1. The van der Waals surface area contributed by atoms with Crippen LogP contribution in [0.3, 0.4) is 0 Å². The van der Waals surface area contributed by atoms with E-state index in [1.165, 1.54) is 24.2 Å². The van der Waals surface area contributed by atoms with Gasteiger partial charge >= 0.3 is 0 Å². The first-order valence-corrected chi connectivity index (χ1v) is 5.48. The molecule has 1 saturated carbocycles. The summed E-state index contributed by atoms with van der Waals surface area (Å²) in [7, 11) is 1.63. The summed E-state index contributed by atoms with van der Waals surface area (Å²) in [6.07, 6.45) is 2.43. The molecule has 1 aromatic heterocycles. The summed E-state index contributed by atoms with van der Waals surface area (Å²) in [5.41, 5.74) is 0.803. The normalized spacial score (nSPS) is 15.3. The molecule has 1 aliphatic rings. The van der Waals surface area contributed by atoms with Crippen LogP contribution in [0.4, 0.5) is 5.13 Å². The fourth-order valence-corrected chi connectivity index (χ4v) is 2.17. The van der Waals surface area contributed by atoms with E-state index in [2.05, 4.69) is 15.6 Å². The van der Waals surface area contributed by atoms with Crippen LogP contribution >= 0.6 is 11.3 Å². The van der Waals surface area contributed by atoms with E-state index in [1.54, 1.807) is 7.05 Å². The third-order valence-corrected chi connectivity index (χ3v) is 3.22. The first-order chi connectivity index (χ1) is 6.70. The van der Waals surface area contributed by atoms with E-state index in [-0.39, 0.29) is 5.91 Å². The number of aryl methyl sites for hydroxylation is 1. The van der Waals surface area contributed by atoms with Gasteiger partial charge in [-0.25, -0.2) is 4.98 Å². The van der Waals surface area contributed by atoms with Crippen molar-refractivity contribution < 1.29 is 4.79 Å². The van der Waals surface area contributed by atoms with Gasteiger partial charge in [-0.15, -0.1) is 0 Å². The highest BCUT2D eigenvalue weighted by molar-refractivity contribution is 7.17. The molecule has 76 valence electrons. The number of thiazole rings is 1. The average molecular weight is 211 g/mol. The van der Waals surface area contributed by atoms with Crippen molar-refractivity contribution in [2.24, 2.45) is 0 Å². The second-order valence-electron chi connectivity index (χ2n) is 3.43. The zero-order valence-electron chi connectivity index (χ0n) is 8.26. The van der Waals surface area contributed by atoms with Crippen LogP contribution < -0.4 is 10.6 Å². The quantitative estimate of drug-likeness (QED) is 0.794. The number of amides is 1. The molecule has 1 aliphatic carbocycles. The molecule has 14 heavy (non-hydrogen) atoms. The highest BCUT2D eigenvalue weighted by Crippen LogP contribution is 2.29. The third kappa shape index (κ3) is 1.87. The van der Waals surface area contributed by atoms with Crippen molar-refractivity contribution in [2.45, 2.75) is 25.8 Å². The molecule has 1 heterocycles. The molecule has 0 atom stereocenters. The SMILES string of the molecule is CNC(=O)c1sc(NC2CC2)nc1C. The predicted octanol–water partition coefficient (Wildman–Crippen LogP) is 1.39. The van der Waals surface area contributed by atoms with Crippen molar-refractivity contribution in [1.82, 2.24) is 10.3 Å². The number of hydrogen-bond donors (Lipinski definition) is 2. The zero-order chi connectivity index (χ0) is 10.1. The Morgan fingerprint density at radius 1 is 1.57 bits per heavy atom. The minimum Gasteiger partial charge on any atom is -0.359 e. The van der Waals surface area contributed by atoms with Crippen molar-refractivity contribution in [3.05, 3.63) is 10.6 Å². The number of hydrogen-bond acceptors (Lipinski definition) is 4. The maximum atomic E-state index is 11.4. The van der Waals surface area contributed by atoms with Crippen LogP contribution in [0.25, 0.3) is 0 Å². The van der Waals surface area contributed by atoms with Gasteiger partial charge in [0, 0.05) is 13.1 Å². The molecule has 0 bridgehead atoms. The molecule has 0 aromatic carbocycles. The van der Waals surface area contributed by atoms with E-state index in [1.807, 2.05) is 6.92 Å². The summed E-state index contributed by atoms with van der Waals surface area (Å²) in [5, 5.41) is 6.76. The Morgan fingerprint density at radius 2 is 2.29 bits per heavy atom. The van der Waals surface area contributed by atoms with Crippen LogP contribution in [0, 0.1) is 6.92 Å². The molecule has 1 fully saturated rings. The Morgan fingerprint density at radius 3 is 2.86 bits per heavy atom. The summed E-state index contributed by atoms with van der Waals surface area (Å²) in [6.45, 7) is 1.86. The topological polar surface area (TPSA) is 54.0 Å². The smallest absolute Gasteiger partial charge is 0.263 e. The van der Waals surface area contributed by atoms with E-state index in [0.717, 1.165) is 10.8 Å². The Hall–Kier alpha value is -1.10. The summed E-state index contributed by atoms with van der Waals surface area (Å²) in [4.78, 5) is 16.4. The van der Waals surface area contributed by atoms with Crippen molar-refractivity contribution in [3.8, 4) is 0 Å². The number of carbonyl (C=O) groups is 1. The van der Waals surface area contributed by atoms with E-state index in [4.69, 9.17) is 0 Å². The molecular weight excluding hydrogens is 198 g/mol. The lowest BCUT2D eigenvalue weighted by Gasteiger charge is -1.95. The molecule has 1 amide bonds. The zero-order valence-corrected chi connectivity index (χ0v) is 9.07. The molecule has 0 saturated heterocycles. The minimum atomic E-state index is -0.0520. The molecule has 0 radical (unpaired) electrons. The summed E-state index contributed by atoms with van der Waals surface area (Å²) < 4.78 is 0. The van der Waals surface area contributed by atoms with Gasteiger partial charge in [0.05, 0.1) is 5.69 Å². The van der Waals surface area contributed by atoms with Crippen molar-refractivity contribution >= 4 is 22.4 Å². The molecule has 0 aliphatic heterocycles. The predicted molar refractivity (Wildman–Crippen MR) is 56.9 cm³/mol. The van der Waals surface area contributed by atoms with Gasteiger partial charge in [-0.2, -0.15) is 0 Å². The Kier molecular flexibility index (Phi) is 2.41. The van der Waals surface area contributed by atoms with Crippen LogP contribution in [0.2, 0.25) is 0 Å². The van der Waals surface area contributed by atoms with E-state index >= 15 is 0 Å². The largest absolute Gasteiger partial charge is 0.359 e. The lowest BCUT2D eigenvalue weighted by Crippen LogP contribution is -2.17. The fraction of sp³-hybridized carbons (Fsp3) is 0.556. The molecule has 2 N–H and O–H groups in total. The van der Waals surface area contributed by atoms with Crippen LogP contribution in [-0.2, 0) is 0 Å². The summed E-state index contributed by atoms with van der Waals surface area (Å²) in [6, 6.07) is 0.582. The van der Waals surface area contributed by atoms with Gasteiger partial charge in [0.1, 0.15) is 4.88 Å². The van der Waals surface area contributed by atoms with Crippen molar-refractivity contribution in [3.63, 3.8) is 0 Å². The number of nitrogens with one attached hydrogen (secondary N) is 2. The molecule has 2 rings (SSSR count). The number of anilines is 1. The van der Waals surface area contributed by atoms with Gasteiger partial charge in [0.2, 0.25) is 0 Å². The van der Waals surface area contributed by atoms with Gasteiger partial charge in [0.25, 0.3) is 5.91 Å². The summed E-state index contributed by atoms with van der Waals surface area (Å²) >= 11 is 1.43. The van der Waals surface area contributed by atoms with Gasteiger partial charge in [-0.05, 0) is 19.8 Å². The highest BCUT2D eigenvalue weighted by Gasteiger charge is 2.23. The first-order valence-electron chi connectivity index (χ1n) is 4.66. The molecule has 4 nitrogen and oxygen atoms in total. The van der Waals surface area contributed by atoms with E-state index < -0.39 is 0 Å². The number of aromatic nitrogens is 1. The Bertz CT molecular complexity index is 357. The standard InChI is InChI=1S/C9H13N3OS/c1-5-7(8(13)10-2)14-9(11-5)12-6-3-4-6/h6H,3-4H2,1-2H3,(H,10,13)(H,11,12). The fourth-order valence-electron chi connectivity index (χ4n) is 1.18. The van der Waals surface area contributed by atoms with Crippen molar-refractivity contribution in [1.29, 1.82) is 0 Å². The molecule has 5 heteroatoms. The van der Waals surface area contributed by atoms with Crippen LogP contribution in [0.15, 0.2) is 0 Å². The van der Waals surface area contributed by atoms with Gasteiger partial charge in [0.15, 0.2) is 5.13 Å². The van der Waals surface area contributed by atoms with Crippen LogP contribution in [-0.4, -0.2) is 24.0 Å². The molecule has 0 unspecified atom stereocenters. The maximum absolute atomic E-state index is 11.4. The van der Waals surface area contributed by atoms with E-state index in [0.29, 0.717) is 10.9 Å². The molecular formula is C9H13N3OS.